The Hall–Kier alpha value is -1.47. The first-order valence-electron chi connectivity index (χ1n) is 6.78. The number of hydrogen-bond donors (Lipinski definition) is 2. The standard InChI is InChI=1S/C14H20FN3O2S/c1-10-3-4-11(15)9-12(10)21(19,20)18-7-5-14(2,6-8-18)13(16)17/h3-4,9H,5-8H2,1-2H3,(H3,16,17). The quantitative estimate of drug-likeness (QED) is 0.659. The van der Waals surface area contributed by atoms with Crippen LogP contribution in [0.5, 0.6) is 0 Å². The van der Waals surface area contributed by atoms with Gasteiger partial charge in [0, 0.05) is 18.5 Å². The Balaban J connectivity index is 2.27. The second-order valence-electron chi connectivity index (χ2n) is 5.79. The van der Waals surface area contributed by atoms with Gasteiger partial charge in [0.1, 0.15) is 5.82 Å². The molecule has 0 radical (unpaired) electrons. The molecule has 21 heavy (non-hydrogen) atoms. The van der Waals surface area contributed by atoms with E-state index >= 15 is 0 Å². The maximum atomic E-state index is 13.3. The summed E-state index contributed by atoms with van der Waals surface area (Å²) in [5.41, 5.74) is 5.65. The monoisotopic (exact) mass is 313 g/mol. The van der Waals surface area contributed by atoms with E-state index in [2.05, 4.69) is 0 Å². The SMILES string of the molecule is Cc1ccc(F)cc1S(=O)(=O)N1CCC(C)(C(=N)N)CC1. The van der Waals surface area contributed by atoms with Crippen molar-refractivity contribution in [1.82, 2.24) is 4.31 Å². The number of hydrogen-bond acceptors (Lipinski definition) is 3. The molecule has 2 rings (SSSR count). The highest BCUT2D eigenvalue weighted by Crippen LogP contribution is 2.33. The Bertz CT molecular complexity index is 665. The highest BCUT2D eigenvalue weighted by molar-refractivity contribution is 7.89. The van der Waals surface area contributed by atoms with E-state index in [4.69, 9.17) is 11.1 Å². The zero-order valence-electron chi connectivity index (χ0n) is 12.2. The van der Waals surface area contributed by atoms with Crippen LogP contribution in [0.4, 0.5) is 4.39 Å². The van der Waals surface area contributed by atoms with Crippen LogP contribution < -0.4 is 5.73 Å². The predicted octanol–water partition coefficient (Wildman–Crippen LogP) is 1.86. The van der Waals surface area contributed by atoms with Crippen LogP contribution in [-0.4, -0.2) is 31.6 Å². The van der Waals surface area contributed by atoms with E-state index in [9.17, 15) is 12.8 Å². The van der Waals surface area contributed by atoms with Crippen LogP contribution in [-0.2, 0) is 10.0 Å². The number of halogens is 1. The molecule has 0 bridgehead atoms. The van der Waals surface area contributed by atoms with Gasteiger partial charge in [-0.3, -0.25) is 5.41 Å². The number of benzene rings is 1. The number of nitrogens with one attached hydrogen (secondary N) is 1. The van der Waals surface area contributed by atoms with Gasteiger partial charge in [0.15, 0.2) is 0 Å². The summed E-state index contributed by atoms with van der Waals surface area (Å²) in [6.45, 7) is 4.09. The molecular formula is C14H20FN3O2S. The van der Waals surface area contributed by atoms with Gasteiger partial charge in [0.2, 0.25) is 10.0 Å². The van der Waals surface area contributed by atoms with Crippen LogP contribution >= 0.6 is 0 Å². The van der Waals surface area contributed by atoms with Gasteiger partial charge in [0.05, 0.1) is 10.7 Å². The second-order valence-corrected chi connectivity index (χ2v) is 7.69. The van der Waals surface area contributed by atoms with Crippen molar-refractivity contribution in [2.75, 3.05) is 13.1 Å². The Morgan fingerprint density at radius 1 is 1.38 bits per heavy atom. The summed E-state index contributed by atoms with van der Waals surface area (Å²) in [7, 11) is -3.71. The number of aryl methyl sites for hydroxylation is 1. The maximum absolute atomic E-state index is 13.3. The van der Waals surface area contributed by atoms with Crippen LogP contribution in [0.15, 0.2) is 23.1 Å². The van der Waals surface area contributed by atoms with Crippen molar-refractivity contribution in [3.8, 4) is 0 Å². The highest BCUT2D eigenvalue weighted by Gasteiger charge is 2.37. The van der Waals surface area contributed by atoms with Crippen molar-refractivity contribution in [2.24, 2.45) is 11.1 Å². The van der Waals surface area contributed by atoms with Crippen molar-refractivity contribution >= 4 is 15.9 Å². The lowest BCUT2D eigenvalue weighted by atomic mass is 9.80. The van der Waals surface area contributed by atoms with E-state index in [0.29, 0.717) is 18.4 Å². The Kier molecular flexibility index (Phi) is 4.08. The summed E-state index contributed by atoms with van der Waals surface area (Å²) >= 11 is 0. The molecular weight excluding hydrogens is 293 g/mol. The topological polar surface area (TPSA) is 87.2 Å². The van der Waals surface area contributed by atoms with Crippen molar-refractivity contribution in [1.29, 1.82) is 5.41 Å². The van der Waals surface area contributed by atoms with Crippen molar-refractivity contribution in [3.05, 3.63) is 29.6 Å². The molecule has 116 valence electrons. The third-order valence-corrected chi connectivity index (χ3v) is 6.28. The molecule has 0 saturated carbocycles. The number of rotatable bonds is 3. The fraction of sp³-hybridized carbons (Fsp3) is 0.500. The minimum atomic E-state index is -3.71. The van der Waals surface area contributed by atoms with Crippen LogP contribution in [0.2, 0.25) is 0 Å². The second kappa shape index (κ2) is 5.38. The third kappa shape index (κ3) is 2.94. The van der Waals surface area contributed by atoms with E-state index in [1.165, 1.54) is 16.4 Å². The van der Waals surface area contributed by atoms with Crippen molar-refractivity contribution in [3.63, 3.8) is 0 Å². The first kappa shape index (κ1) is 15.9. The van der Waals surface area contributed by atoms with Gasteiger partial charge in [-0.05, 0) is 37.5 Å². The van der Waals surface area contributed by atoms with Gasteiger partial charge in [-0.25, -0.2) is 12.8 Å². The molecule has 3 N–H and O–H groups in total. The number of nitrogens with zero attached hydrogens (tertiary/aromatic N) is 1. The van der Waals surface area contributed by atoms with Gasteiger partial charge in [-0.15, -0.1) is 0 Å². The van der Waals surface area contributed by atoms with Crippen molar-refractivity contribution < 1.29 is 12.8 Å². The van der Waals surface area contributed by atoms with E-state index in [0.717, 1.165) is 6.07 Å². The fourth-order valence-corrected chi connectivity index (χ4v) is 4.16. The fourth-order valence-electron chi connectivity index (χ4n) is 2.48. The van der Waals surface area contributed by atoms with E-state index in [1.54, 1.807) is 6.92 Å². The Labute approximate surface area is 124 Å². The number of amidine groups is 1. The molecule has 1 aliphatic rings. The zero-order valence-corrected chi connectivity index (χ0v) is 13.0. The summed E-state index contributed by atoms with van der Waals surface area (Å²) in [6, 6.07) is 3.77. The van der Waals surface area contributed by atoms with Gasteiger partial charge in [-0.1, -0.05) is 13.0 Å². The lowest BCUT2D eigenvalue weighted by molar-refractivity contribution is 0.240. The van der Waals surface area contributed by atoms with E-state index in [1.807, 2.05) is 6.92 Å². The minimum Gasteiger partial charge on any atom is -0.387 e. The predicted molar refractivity (Wildman–Crippen MR) is 79.2 cm³/mol. The molecule has 0 unspecified atom stereocenters. The largest absolute Gasteiger partial charge is 0.387 e. The Morgan fingerprint density at radius 2 is 1.95 bits per heavy atom. The molecule has 0 atom stereocenters. The molecule has 1 aliphatic heterocycles. The number of nitrogens with two attached hydrogens (primary N) is 1. The minimum absolute atomic E-state index is 0.00827. The molecule has 5 nitrogen and oxygen atoms in total. The summed E-state index contributed by atoms with van der Waals surface area (Å²) in [6.07, 6.45) is 0.992. The molecule has 1 heterocycles. The molecule has 7 heteroatoms. The van der Waals surface area contributed by atoms with Gasteiger partial charge in [-0.2, -0.15) is 4.31 Å². The van der Waals surface area contributed by atoms with E-state index < -0.39 is 21.3 Å². The average Bonchev–Trinajstić information content (AvgIpc) is 2.41. The third-order valence-electron chi connectivity index (χ3n) is 4.24. The highest BCUT2D eigenvalue weighted by atomic mass is 32.2. The average molecular weight is 313 g/mol. The van der Waals surface area contributed by atoms with Gasteiger partial charge in [0.25, 0.3) is 0 Å². The smallest absolute Gasteiger partial charge is 0.243 e. The summed E-state index contributed by atoms with van der Waals surface area (Å²) in [4.78, 5) is 0.00827. The molecule has 0 amide bonds. The molecule has 0 spiro atoms. The molecule has 1 aromatic rings. The number of piperidine rings is 1. The van der Waals surface area contributed by atoms with Gasteiger partial charge >= 0.3 is 0 Å². The molecule has 0 aromatic heterocycles. The molecule has 1 aromatic carbocycles. The first-order chi connectivity index (χ1) is 9.67. The lowest BCUT2D eigenvalue weighted by Gasteiger charge is -2.37. The zero-order chi connectivity index (χ0) is 15.8. The first-order valence-corrected chi connectivity index (χ1v) is 8.22. The van der Waals surface area contributed by atoms with Crippen LogP contribution in [0.25, 0.3) is 0 Å². The Morgan fingerprint density at radius 3 is 2.48 bits per heavy atom. The van der Waals surface area contributed by atoms with E-state index in [-0.39, 0.29) is 23.8 Å². The normalized spacial score (nSPS) is 19.4. The summed E-state index contributed by atoms with van der Waals surface area (Å²) < 4.78 is 39.9. The maximum Gasteiger partial charge on any atom is 0.243 e. The van der Waals surface area contributed by atoms with Crippen LogP contribution in [0, 0.1) is 23.6 Å². The van der Waals surface area contributed by atoms with Crippen LogP contribution in [0.3, 0.4) is 0 Å². The number of sulfonamides is 1. The molecule has 1 fully saturated rings. The summed E-state index contributed by atoms with van der Waals surface area (Å²) in [5, 5.41) is 7.59. The summed E-state index contributed by atoms with van der Waals surface area (Å²) in [5.74, 6) is -0.480. The van der Waals surface area contributed by atoms with Crippen molar-refractivity contribution in [2.45, 2.75) is 31.6 Å². The van der Waals surface area contributed by atoms with Gasteiger partial charge < -0.3 is 5.73 Å². The molecule has 1 saturated heterocycles. The molecule has 0 aliphatic carbocycles. The lowest BCUT2D eigenvalue weighted by Crippen LogP contribution is -2.47. The van der Waals surface area contributed by atoms with Crippen LogP contribution in [0.1, 0.15) is 25.3 Å².